The van der Waals surface area contributed by atoms with E-state index in [2.05, 4.69) is 46.1 Å². The molecule has 0 radical (unpaired) electrons. The van der Waals surface area contributed by atoms with E-state index in [-0.39, 0.29) is 10.7 Å². The second-order valence-corrected chi connectivity index (χ2v) is 8.99. The van der Waals surface area contributed by atoms with Crippen LogP contribution in [-0.4, -0.2) is 29.9 Å². The molecule has 4 aromatic rings. The zero-order chi connectivity index (χ0) is 20.4. The first kappa shape index (κ1) is 19.3. The predicted octanol–water partition coefficient (Wildman–Crippen LogP) is 4.86. The number of hydrogen-bond donors (Lipinski definition) is 0. The Morgan fingerprint density at radius 3 is 2.38 bits per heavy atom. The van der Waals surface area contributed by atoms with Gasteiger partial charge in [0.25, 0.3) is 0 Å². The fourth-order valence-electron chi connectivity index (χ4n) is 2.76. The first-order valence-electron chi connectivity index (χ1n) is 9.35. The van der Waals surface area contributed by atoms with Gasteiger partial charge in [-0.05, 0) is 31.2 Å². The summed E-state index contributed by atoms with van der Waals surface area (Å²) in [5.74, 6) is 2.03. The summed E-state index contributed by atoms with van der Waals surface area (Å²) in [5, 5.41) is 13.7. The summed E-state index contributed by atoms with van der Waals surface area (Å²) >= 11 is 1.54. The van der Waals surface area contributed by atoms with E-state index in [0.717, 1.165) is 22.2 Å². The number of thioether (sulfide) groups is 1. The molecule has 0 N–H and O–H groups in total. The Bertz CT molecular complexity index is 1090. The molecular formula is C21H22N6OS. The molecule has 4 rings (SSSR count). The van der Waals surface area contributed by atoms with Crippen LogP contribution in [0.4, 0.5) is 0 Å². The standard InChI is InChI=1S/C21H22N6OS/c1-14(18-23-19(26-28-18)21(2,3)4)29-20-25-24-17(15-10-12-22-13-11-15)27(20)16-8-6-5-7-9-16/h5-14H,1-4H3/t14-/m0/s1. The maximum absolute atomic E-state index is 5.51. The van der Waals surface area contributed by atoms with Crippen molar-refractivity contribution in [3.05, 3.63) is 66.6 Å². The fraction of sp³-hybridized carbons (Fsp3) is 0.286. The van der Waals surface area contributed by atoms with Crippen molar-refractivity contribution in [2.45, 2.75) is 43.5 Å². The fourth-order valence-corrected chi connectivity index (χ4v) is 3.66. The van der Waals surface area contributed by atoms with Crippen LogP contribution in [0.25, 0.3) is 17.1 Å². The van der Waals surface area contributed by atoms with E-state index in [1.54, 1.807) is 12.4 Å². The molecule has 148 valence electrons. The molecular weight excluding hydrogens is 384 g/mol. The zero-order valence-corrected chi connectivity index (χ0v) is 17.6. The number of nitrogens with zero attached hydrogens (tertiary/aromatic N) is 6. The number of para-hydroxylation sites is 1. The van der Waals surface area contributed by atoms with Gasteiger partial charge < -0.3 is 4.52 Å². The third-order valence-corrected chi connectivity index (χ3v) is 5.36. The van der Waals surface area contributed by atoms with Gasteiger partial charge in [-0.2, -0.15) is 4.98 Å². The van der Waals surface area contributed by atoms with Gasteiger partial charge in [-0.1, -0.05) is 55.9 Å². The number of pyridine rings is 1. The number of aromatic nitrogens is 6. The first-order valence-corrected chi connectivity index (χ1v) is 10.2. The third kappa shape index (κ3) is 4.07. The predicted molar refractivity (Wildman–Crippen MR) is 112 cm³/mol. The average molecular weight is 407 g/mol. The number of benzene rings is 1. The second kappa shape index (κ2) is 7.79. The molecule has 0 spiro atoms. The molecule has 0 aliphatic heterocycles. The molecule has 7 nitrogen and oxygen atoms in total. The van der Waals surface area contributed by atoms with Gasteiger partial charge in [0.2, 0.25) is 5.89 Å². The van der Waals surface area contributed by atoms with Crippen LogP contribution >= 0.6 is 11.8 Å². The SMILES string of the molecule is C[C@H](Sc1nnc(-c2ccncc2)n1-c1ccccc1)c1nc(C(C)(C)C)no1. The van der Waals surface area contributed by atoms with Crippen LogP contribution in [0.2, 0.25) is 0 Å². The summed E-state index contributed by atoms with van der Waals surface area (Å²) in [6.45, 7) is 8.21. The van der Waals surface area contributed by atoms with E-state index in [9.17, 15) is 0 Å². The Balaban J connectivity index is 1.71. The van der Waals surface area contributed by atoms with Crippen LogP contribution in [-0.2, 0) is 5.41 Å². The molecule has 0 amide bonds. The van der Waals surface area contributed by atoms with E-state index in [1.807, 2.05) is 54.0 Å². The van der Waals surface area contributed by atoms with Crippen molar-refractivity contribution in [3.8, 4) is 17.1 Å². The van der Waals surface area contributed by atoms with Crippen molar-refractivity contribution in [2.24, 2.45) is 0 Å². The van der Waals surface area contributed by atoms with Crippen LogP contribution in [0, 0.1) is 0 Å². The molecule has 0 fully saturated rings. The minimum atomic E-state index is -0.162. The first-order chi connectivity index (χ1) is 13.9. The normalized spacial score (nSPS) is 12.8. The highest BCUT2D eigenvalue weighted by Crippen LogP contribution is 2.36. The number of rotatable bonds is 5. The Morgan fingerprint density at radius 2 is 1.72 bits per heavy atom. The van der Waals surface area contributed by atoms with Gasteiger partial charge in [-0.15, -0.1) is 10.2 Å². The molecule has 0 bridgehead atoms. The van der Waals surface area contributed by atoms with E-state index in [4.69, 9.17) is 4.52 Å². The van der Waals surface area contributed by atoms with Gasteiger partial charge in [0, 0.05) is 29.1 Å². The molecule has 29 heavy (non-hydrogen) atoms. The van der Waals surface area contributed by atoms with Crippen LogP contribution < -0.4 is 0 Å². The zero-order valence-electron chi connectivity index (χ0n) is 16.8. The van der Waals surface area contributed by atoms with Crippen molar-refractivity contribution in [1.82, 2.24) is 29.9 Å². The molecule has 3 heterocycles. The highest BCUT2D eigenvalue weighted by Gasteiger charge is 2.25. The quantitative estimate of drug-likeness (QED) is 0.438. The lowest BCUT2D eigenvalue weighted by molar-refractivity contribution is 0.364. The van der Waals surface area contributed by atoms with E-state index < -0.39 is 0 Å². The lowest BCUT2D eigenvalue weighted by Crippen LogP contribution is -2.13. The van der Waals surface area contributed by atoms with Crippen molar-refractivity contribution in [1.29, 1.82) is 0 Å². The summed E-state index contributed by atoms with van der Waals surface area (Å²) in [4.78, 5) is 8.68. The van der Waals surface area contributed by atoms with Gasteiger partial charge in [-0.3, -0.25) is 9.55 Å². The van der Waals surface area contributed by atoms with Gasteiger partial charge in [0.1, 0.15) is 0 Å². The number of hydrogen-bond acceptors (Lipinski definition) is 7. The Kier molecular flexibility index (Phi) is 5.19. The summed E-state index contributed by atoms with van der Waals surface area (Å²) in [6, 6.07) is 13.9. The Hall–Kier alpha value is -3.00. The van der Waals surface area contributed by atoms with E-state index >= 15 is 0 Å². The van der Waals surface area contributed by atoms with Crippen molar-refractivity contribution in [2.75, 3.05) is 0 Å². The summed E-state index contributed by atoms with van der Waals surface area (Å²) in [5.41, 5.74) is 1.77. The largest absolute Gasteiger partial charge is 0.338 e. The van der Waals surface area contributed by atoms with Crippen LogP contribution in [0.5, 0.6) is 0 Å². The van der Waals surface area contributed by atoms with E-state index in [1.165, 1.54) is 11.8 Å². The maximum atomic E-state index is 5.51. The Labute approximate surface area is 173 Å². The summed E-state index contributed by atoms with van der Waals surface area (Å²) in [6.07, 6.45) is 3.50. The monoisotopic (exact) mass is 406 g/mol. The van der Waals surface area contributed by atoms with Crippen LogP contribution in [0.15, 0.2) is 64.5 Å². The van der Waals surface area contributed by atoms with Crippen molar-refractivity contribution in [3.63, 3.8) is 0 Å². The molecule has 0 saturated carbocycles. The topological polar surface area (TPSA) is 82.5 Å². The highest BCUT2D eigenvalue weighted by atomic mass is 32.2. The van der Waals surface area contributed by atoms with Crippen molar-refractivity contribution < 1.29 is 4.52 Å². The van der Waals surface area contributed by atoms with Crippen LogP contribution in [0.1, 0.15) is 44.7 Å². The molecule has 0 saturated heterocycles. The van der Waals surface area contributed by atoms with Gasteiger partial charge >= 0.3 is 0 Å². The lowest BCUT2D eigenvalue weighted by Gasteiger charge is -2.12. The van der Waals surface area contributed by atoms with Crippen LogP contribution in [0.3, 0.4) is 0 Å². The molecule has 8 heteroatoms. The van der Waals surface area contributed by atoms with Crippen molar-refractivity contribution >= 4 is 11.8 Å². The molecule has 3 aromatic heterocycles. The molecule has 1 atom stereocenters. The summed E-state index contributed by atoms with van der Waals surface area (Å²) < 4.78 is 7.55. The van der Waals surface area contributed by atoms with Gasteiger partial charge in [0.05, 0.1) is 5.25 Å². The van der Waals surface area contributed by atoms with E-state index in [0.29, 0.717) is 11.7 Å². The molecule has 0 aliphatic rings. The maximum Gasteiger partial charge on any atom is 0.239 e. The van der Waals surface area contributed by atoms with Gasteiger partial charge in [-0.25, -0.2) is 0 Å². The lowest BCUT2D eigenvalue weighted by atomic mass is 9.96. The smallest absolute Gasteiger partial charge is 0.239 e. The second-order valence-electron chi connectivity index (χ2n) is 7.68. The molecule has 0 aliphatic carbocycles. The minimum Gasteiger partial charge on any atom is -0.338 e. The van der Waals surface area contributed by atoms with Gasteiger partial charge in [0.15, 0.2) is 16.8 Å². The summed E-state index contributed by atoms with van der Waals surface area (Å²) in [7, 11) is 0. The minimum absolute atomic E-state index is 0.0736. The highest BCUT2D eigenvalue weighted by molar-refractivity contribution is 7.99. The molecule has 1 aromatic carbocycles. The average Bonchev–Trinajstić information content (AvgIpc) is 3.37. The Morgan fingerprint density at radius 1 is 1.00 bits per heavy atom. The molecule has 0 unspecified atom stereocenters. The third-order valence-electron chi connectivity index (χ3n) is 4.33.